The molecule has 6 rings (SSSR count). The number of hydrogen-bond donors (Lipinski definition) is 0. The van der Waals surface area contributed by atoms with Gasteiger partial charge in [0.15, 0.2) is 0 Å². The first-order chi connectivity index (χ1) is 30.8. The Labute approximate surface area is 417 Å². The maximum atomic E-state index is 2.57. The molecule has 0 saturated carbocycles. The Morgan fingerprint density at radius 2 is 0.647 bits per heavy atom. The summed E-state index contributed by atoms with van der Waals surface area (Å²) in [5.74, 6) is 0.0517. The Kier molecular flexibility index (Phi) is 13.8. The minimum absolute atomic E-state index is 0.000542. The van der Waals surface area contributed by atoms with Crippen molar-refractivity contribution in [2.75, 3.05) is 0 Å². The molecule has 0 saturated heterocycles. The molecule has 0 radical (unpaired) electrons. The zero-order valence-corrected chi connectivity index (χ0v) is 47.6. The van der Waals surface area contributed by atoms with Crippen molar-refractivity contribution in [3.63, 3.8) is 0 Å². The van der Waals surface area contributed by atoms with E-state index in [4.69, 9.17) is 0 Å². The van der Waals surface area contributed by atoms with E-state index in [1.54, 1.807) is 0 Å². The molecule has 5 aromatic carbocycles. The fourth-order valence-corrected chi connectivity index (χ4v) is 10.5. The van der Waals surface area contributed by atoms with Gasteiger partial charge in [-0.1, -0.05) is 269 Å². The van der Waals surface area contributed by atoms with E-state index in [1.165, 1.54) is 94.6 Å². The lowest BCUT2D eigenvalue weighted by Crippen LogP contribution is -2.25. The molecule has 1 atom stereocenters. The van der Waals surface area contributed by atoms with Crippen molar-refractivity contribution in [2.45, 2.75) is 222 Å². The Morgan fingerprint density at radius 3 is 1.04 bits per heavy atom. The van der Waals surface area contributed by atoms with Gasteiger partial charge in [-0.2, -0.15) is 0 Å². The average Bonchev–Trinajstić information content (AvgIpc) is 3.19. The van der Waals surface area contributed by atoms with Gasteiger partial charge in [0.2, 0.25) is 0 Å². The van der Waals surface area contributed by atoms with Crippen LogP contribution in [-0.4, -0.2) is 0 Å². The van der Waals surface area contributed by atoms with Crippen molar-refractivity contribution in [2.24, 2.45) is 0 Å². The topological polar surface area (TPSA) is 0 Å². The molecule has 0 fully saturated rings. The van der Waals surface area contributed by atoms with Gasteiger partial charge in [-0.05, 0) is 144 Å². The van der Waals surface area contributed by atoms with Crippen LogP contribution in [0, 0.1) is 0 Å². The first-order valence-corrected chi connectivity index (χ1v) is 26.0. The predicted molar refractivity (Wildman–Crippen MR) is 303 cm³/mol. The first kappa shape index (κ1) is 52.9. The standard InChI is InChI=1S/C68H92/c1-61(2,3)44-30-34-48(54(38-44)65(13,14)15)52-42-53(49-35-31-45(62(4,5)6)39-55(49)66(16,17)18)60(51-37-33-47(64(10,11)12)41-57(51)68(22,23)24)58(43-28-26-25-27-29-43)59(52)50-36-32-46(63(7,8)9)40-56(50)67(19,20)21/h25-41,52H,42H2,1-24H3. The molecule has 5 aromatic rings. The zero-order chi connectivity index (χ0) is 51.1. The third-order valence-electron chi connectivity index (χ3n) is 14.7. The molecule has 364 valence electrons. The molecule has 0 bridgehead atoms. The fourth-order valence-electron chi connectivity index (χ4n) is 10.5. The molecule has 0 heteroatoms. The molecule has 0 heterocycles. The quantitative estimate of drug-likeness (QED) is 0.165. The van der Waals surface area contributed by atoms with Crippen LogP contribution in [0.5, 0.6) is 0 Å². The van der Waals surface area contributed by atoms with Gasteiger partial charge in [0.25, 0.3) is 0 Å². The van der Waals surface area contributed by atoms with Crippen LogP contribution in [0.2, 0.25) is 0 Å². The lowest BCUT2D eigenvalue weighted by atomic mass is 9.63. The van der Waals surface area contributed by atoms with Gasteiger partial charge in [-0.15, -0.1) is 0 Å². The monoisotopic (exact) mass is 909 g/mol. The first-order valence-electron chi connectivity index (χ1n) is 26.0. The molecule has 0 aromatic heterocycles. The van der Waals surface area contributed by atoms with Gasteiger partial charge in [0.05, 0.1) is 0 Å². The van der Waals surface area contributed by atoms with E-state index < -0.39 is 0 Å². The molecule has 0 aliphatic heterocycles. The van der Waals surface area contributed by atoms with Crippen LogP contribution in [-0.2, 0) is 43.3 Å². The van der Waals surface area contributed by atoms with Crippen LogP contribution in [0.1, 0.15) is 251 Å². The summed E-state index contributed by atoms with van der Waals surface area (Å²) >= 11 is 0. The van der Waals surface area contributed by atoms with Gasteiger partial charge >= 0.3 is 0 Å². The largest absolute Gasteiger partial charge is 0.0622 e. The molecule has 68 heavy (non-hydrogen) atoms. The molecule has 1 aliphatic carbocycles. The fraction of sp³-hybridized carbons (Fsp3) is 0.500. The maximum Gasteiger partial charge on any atom is 0.0145 e. The summed E-state index contributed by atoms with van der Waals surface area (Å²) in [6, 6.07) is 41.7. The Morgan fingerprint density at radius 1 is 0.309 bits per heavy atom. The summed E-state index contributed by atoms with van der Waals surface area (Å²) < 4.78 is 0. The van der Waals surface area contributed by atoms with Crippen molar-refractivity contribution in [1.29, 1.82) is 0 Å². The lowest BCUT2D eigenvalue weighted by Gasteiger charge is -2.41. The second-order valence-corrected chi connectivity index (χ2v) is 28.8. The maximum absolute atomic E-state index is 2.57. The highest BCUT2D eigenvalue weighted by Gasteiger charge is 2.41. The van der Waals surface area contributed by atoms with Gasteiger partial charge < -0.3 is 0 Å². The average molecular weight is 909 g/mol. The third-order valence-corrected chi connectivity index (χ3v) is 14.7. The Hall–Kier alpha value is -4.42. The van der Waals surface area contributed by atoms with Crippen LogP contribution in [0.3, 0.4) is 0 Å². The van der Waals surface area contributed by atoms with Gasteiger partial charge in [0, 0.05) is 5.92 Å². The van der Waals surface area contributed by atoms with Gasteiger partial charge in [-0.25, -0.2) is 0 Å². The predicted octanol–water partition coefficient (Wildman–Crippen LogP) is 19.8. The van der Waals surface area contributed by atoms with E-state index in [-0.39, 0.29) is 49.2 Å². The number of benzene rings is 5. The highest BCUT2D eigenvalue weighted by Crippen LogP contribution is 2.59. The third kappa shape index (κ3) is 11.0. The van der Waals surface area contributed by atoms with E-state index in [0.717, 1.165) is 6.42 Å². The van der Waals surface area contributed by atoms with Crippen LogP contribution < -0.4 is 0 Å². The Bertz CT molecular complexity index is 2720. The molecule has 1 aliphatic rings. The van der Waals surface area contributed by atoms with Crippen LogP contribution in [0.4, 0.5) is 0 Å². The smallest absolute Gasteiger partial charge is 0.0145 e. The minimum Gasteiger partial charge on any atom is -0.0622 e. The van der Waals surface area contributed by atoms with E-state index in [0.29, 0.717) is 0 Å². The van der Waals surface area contributed by atoms with Crippen molar-refractivity contribution >= 4 is 22.3 Å². The summed E-state index contributed by atoms with van der Waals surface area (Å²) in [6.45, 7) is 57.4. The molecule has 0 amide bonds. The molecular formula is C68H92. The second kappa shape index (κ2) is 17.8. The van der Waals surface area contributed by atoms with Crippen molar-refractivity contribution in [3.05, 3.63) is 175 Å². The second-order valence-electron chi connectivity index (χ2n) is 28.8. The molecule has 0 spiro atoms. The summed E-state index contributed by atoms with van der Waals surface area (Å²) in [5.41, 5.74) is 23.2. The molecular weight excluding hydrogens is 817 g/mol. The van der Waals surface area contributed by atoms with E-state index in [9.17, 15) is 0 Å². The van der Waals surface area contributed by atoms with Crippen molar-refractivity contribution < 1.29 is 0 Å². The summed E-state index contributed by atoms with van der Waals surface area (Å²) in [7, 11) is 0. The van der Waals surface area contributed by atoms with Crippen LogP contribution >= 0.6 is 0 Å². The molecule has 0 N–H and O–H groups in total. The van der Waals surface area contributed by atoms with Crippen LogP contribution in [0.25, 0.3) is 22.3 Å². The summed E-state index contributed by atoms with van der Waals surface area (Å²) in [6.07, 6.45) is 0.867. The van der Waals surface area contributed by atoms with Crippen molar-refractivity contribution in [1.82, 2.24) is 0 Å². The van der Waals surface area contributed by atoms with E-state index in [2.05, 4.69) is 269 Å². The van der Waals surface area contributed by atoms with E-state index >= 15 is 0 Å². The van der Waals surface area contributed by atoms with Crippen LogP contribution in [0.15, 0.2) is 103 Å². The number of hydrogen-bond acceptors (Lipinski definition) is 0. The minimum atomic E-state index is -0.135. The SMILES string of the molecule is CC(C)(C)c1ccc(C2=C(c3ccc(C(C)(C)C)cc3C(C)(C)C)C(c3ccccc3)=C(c3ccc(C(C)(C)C)cc3C(C)(C)C)C(c3ccc(C(C)(C)C)cc3C(C)(C)C)C2)c(C(C)(C)C)c1. The zero-order valence-electron chi connectivity index (χ0n) is 47.6. The Balaban J connectivity index is 2.02. The lowest BCUT2D eigenvalue weighted by molar-refractivity contribution is 0.559. The molecule has 1 unspecified atom stereocenters. The van der Waals surface area contributed by atoms with Gasteiger partial charge in [0.1, 0.15) is 0 Å². The summed E-state index contributed by atoms with van der Waals surface area (Å²) in [5, 5.41) is 0. The van der Waals surface area contributed by atoms with Gasteiger partial charge in [-0.3, -0.25) is 0 Å². The normalized spacial score (nSPS) is 16.2. The number of rotatable bonds is 5. The highest BCUT2D eigenvalue weighted by molar-refractivity contribution is 6.25. The highest BCUT2D eigenvalue weighted by atomic mass is 14.4. The van der Waals surface area contributed by atoms with Crippen molar-refractivity contribution in [3.8, 4) is 0 Å². The van der Waals surface area contributed by atoms with E-state index in [1.807, 2.05) is 0 Å². The summed E-state index contributed by atoms with van der Waals surface area (Å²) in [4.78, 5) is 0. The number of allylic oxidation sites excluding steroid dienone is 4. The molecule has 0 nitrogen and oxygen atoms in total.